The van der Waals surface area contributed by atoms with E-state index in [1.165, 1.54) is 0 Å². The van der Waals surface area contributed by atoms with Crippen LogP contribution in [0.5, 0.6) is 5.75 Å². The molecule has 2 heterocycles. The number of imidazole rings is 1. The first-order valence-corrected chi connectivity index (χ1v) is 8.88. The lowest BCUT2D eigenvalue weighted by Gasteiger charge is -2.35. The smallest absolute Gasteiger partial charge is 0.224 e. The summed E-state index contributed by atoms with van der Waals surface area (Å²) >= 11 is 0. The van der Waals surface area contributed by atoms with Gasteiger partial charge in [0, 0.05) is 57.6 Å². The molecular formula is C19H26N4O2. The van der Waals surface area contributed by atoms with E-state index in [0.29, 0.717) is 13.0 Å². The predicted octanol–water partition coefficient (Wildman–Crippen LogP) is 2.06. The number of aromatic nitrogens is 2. The van der Waals surface area contributed by atoms with Gasteiger partial charge in [0.05, 0.1) is 6.33 Å². The average Bonchev–Trinajstić information content (AvgIpc) is 3.18. The van der Waals surface area contributed by atoms with E-state index in [0.717, 1.165) is 38.5 Å². The van der Waals surface area contributed by atoms with Gasteiger partial charge in [-0.05, 0) is 19.1 Å². The molecule has 1 aliphatic heterocycles. The molecule has 2 aromatic rings. The molecule has 0 aliphatic carbocycles. The summed E-state index contributed by atoms with van der Waals surface area (Å²) in [5, 5.41) is 0. The summed E-state index contributed by atoms with van der Waals surface area (Å²) in [5.41, 5.74) is 0. The van der Waals surface area contributed by atoms with Crippen LogP contribution < -0.4 is 4.74 Å². The van der Waals surface area contributed by atoms with E-state index in [-0.39, 0.29) is 11.9 Å². The number of para-hydroxylation sites is 1. The summed E-state index contributed by atoms with van der Waals surface area (Å²) in [6, 6.07) is 10.0. The molecule has 1 aliphatic rings. The van der Waals surface area contributed by atoms with Crippen LogP contribution in [0.2, 0.25) is 0 Å². The first kappa shape index (κ1) is 17.5. The Bertz CT molecular complexity index is 637. The normalized spacial score (nSPS) is 16.6. The van der Waals surface area contributed by atoms with Crippen LogP contribution in [0.15, 0.2) is 49.1 Å². The van der Waals surface area contributed by atoms with E-state index in [9.17, 15) is 4.79 Å². The first-order chi connectivity index (χ1) is 12.2. The highest BCUT2D eigenvalue weighted by atomic mass is 16.5. The quantitative estimate of drug-likeness (QED) is 0.773. The van der Waals surface area contributed by atoms with Crippen molar-refractivity contribution >= 4 is 5.91 Å². The number of ether oxygens (including phenoxy) is 1. The van der Waals surface area contributed by atoms with Crippen molar-refractivity contribution < 1.29 is 9.53 Å². The Hall–Kier alpha value is -2.34. The second-order valence-corrected chi connectivity index (χ2v) is 6.45. The van der Waals surface area contributed by atoms with Gasteiger partial charge in [-0.2, -0.15) is 0 Å². The summed E-state index contributed by atoms with van der Waals surface area (Å²) in [4.78, 5) is 20.8. The fraction of sp³-hybridized carbons (Fsp3) is 0.474. The van der Waals surface area contributed by atoms with Crippen molar-refractivity contribution in [1.29, 1.82) is 0 Å². The third-order valence-corrected chi connectivity index (χ3v) is 4.65. The first-order valence-electron chi connectivity index (χ1n) is 8.88. The summed E-state index contributed by atoms with van der Waals surface area (Å²) in [5.74, 6) is 1.13. The lowest BCUT2D eigenvalue weighted by atomic mass is 10.2. The number of rotatable bonds is 7. The molecule has 1 aromatic carbocycles. The van der Waals surface area contributed by atoms with Crippen molar-refractivity contribution in [1.82, 2.24) is 19.4 Å². The average molecular weight is 342 g/mol. The van der Waals surface area contributed by atoms with Crippen molar-refractivity contribution in [2.45, 2.75) is 19.4 Å². The second-order valence-electron chi connectivity index (χ2n) is 6.45. The molecule has 0 spiro atoms. The maximum Gasteiger partial charge on any atom is 0.224 e. The highest BCUT2D eigenvalue weighted by molar-refractivity contribution is 5.76. The van der Waals surface area contributed by atoms with E-state index in [4.69, 9.17) is 4.74 Å². The zero-order valence-corrected chi connectivity index (χ0v) is 14.8. The number of amides is 1. The predicted molar refractivity (Wildman–Crippen MR) is 96.5 cm³/mol. The van der Waals surface area contributed by atoms with E-state index in [1.54, 1.807) is 12.5 Å². The molecule has 25 heavy (non-hydrogen) atoms. The molecule has 0 saturated carbocycles. The van der Waals surface area contributed by atoms with Gasteiger partial charge in [0.2, 0.25) is 5.91 Å². The minimum Gasteiger partial charge on any atom is -0.492 e. The summed E-state index contributed by atoms with van der Waals surface area (Å²) < 4.78 is 7.73. The molecule has 1 fully saturated rings. The number of hydrogen-bond donors (Lipinski definition) is 0. The highest BCUT2D eigenvalue weighted by Gasteiger charge is 2.22. The summed E-state index contributed by atoms with van der Waals surface area (Å²) in [6.07, 6.45) is 5.94. The van der Waals surface area contributed by atoms with Gasteiger partial charge < -0.3 is 14.2 Å². The zero-order valence-electron chi connectivity index (χ0n) is 14.8. The van der Waals surface area contributed by atoms with Crippen LogP contribution in [0, 0.1) is 0 Å². The molecule has 0 unspecified atom stereocenters. The third-order valence-electron chi connectivity index (χ3n) is 4.65. The summed E-state index contributed by atoms with van der Waals surface area (Å²) in [6.45, 7) is 7.02. The number of piperazine rings is 1. The fourth-order valence-electron chi connectivity index (χ4n) is 3.05. The van der Waals surface area contributed by atoms with Gasteiger partial charge in [-0.1, -0.05) is 18.2 Å². The number of carbonyl (C=O) groups excluding carboxylic acids is 1. The van der Waals surface area contributed by atoms with Gasteiger partial charge >= 0.3 is 0 Å². The van der Waals surface area contributed by atoms with Crippen LogP contribution in [0.1, 0.15) is 19.4 Å². The maximum absolute atomic E-state index is 12.5. The molecule has 3 rings (SSSR count). The second kappa shape index (κ2) is 8.67. The SMILES string of the molecule is C[C@@H](CC(=O)N1CCN(CCOc2ccccc2)CC1)n1ccnc1. The van der Waals surface area contributed by atoms with Crippen LogP contribution >= 0.6 is 0 Å². The Kier molecular flexibility index (Phi) is 6.06. The minimum atomic E-state index is 0.146. The molecule has 6 nitrogen and oxygen atoms in total. The van der Waals surface area contributed by atoms with E-state index in [1.807, 2.05) is 46.0 Å². The lowest BCUT2D eigenvalue weighted by Crippen LogP contribution is -2.49. The van der Waals surface area contributed by atoms with Crippen molar-refractivity contribution in [3.63, 3.8) is 0 Å². The molecule has 0 bridgehead atoms. The molecule has 1 aromatic heterocycles. The Morgan fingerprint density at radius 1 is 1.20 bits per heavy atom. The van der Waals surface area contributed by atoms with Crippen LogP contribution in [-0.4, -0.2) is 64.6 Å². The lowest BCUT2D eigenvalue weighted by molar-refractivity contribution is -0.133. The maximum atomic E-state index is 12.5. The van der Waals surface area contributed by atoms with Crippen LogP contribution in [0.3, 0.4) is 0 Å². The molecule has 134 valence electrons. The highest BCUT2D eigenvalue weighted by Crippen LogP contribution is 2.13. The molecule has 6 heteroatoms. The van der Waals surface area contributed by atoms with E-state index >= 15 is 0 Å². The molecule has 0 radical (unpaired) electrons. The van der Waals surface area contributed by atoms with E-state index in [2.05, 4.69) is 16.8 Å². The van der Waals surface area contributed by atoms with Crippen molar-refractivity contribution in [3.05, 3.63) is 49.1 Å². The molecule has 0 N–H and O–H groups in total. The largest absolute Gasteiger partial charge is 0.492 e. The van der Waals surface area contributed by atoms with Gasteiger partial charge in [0.1, 0.15) is 12.4 Å². The number of hydrogen-bond acceptors (Lipinski definition) is 4. The standard InChI is InChI=1S/C19H26N4O2/c1-17(23-8-7-20-16-23)15-19(24)22-11-9-21(10-12-22)13-14-25-18-5-3-2-4-6-18/h2-8,16-17H,9-15H2,1H3/t17-/m0/s1. The number of benzene rings is 1. The Labute approximate surface area is 149 Å². The zero-order chi connectivity index (χ0) is 17.5. The summed E-state index contributed by atoms with van der Waals surface area (Å²) in [7, 11) is 0. The van der Waals surface area contributed by atoms with Crippen molar-refractivity contribution in [2.75, 3.05) is 39.3 Å². The van der Waals surface area contributed by atoms with Gasteiger partial charge in [0.15, 0.2) is 0 Å². The Morgan fingerprint density at radius 2 is 1.96 bits per heavy atom. The topological polar surface area (TPSA) is 50.6 Å². The van der Waals surface area contributed by atoms with Gasteiger partial charge in [-0.25, -0.2) is 4.98 Å². The van der Waals surface area contributed by atoms with Gasteiger partial charge in [0.25, 0.3) is 0 Å². The molecular weight excluding hydrogens is 316 g/mol. The van der Waals surface area contributed by atoms with Crippen LogP contribution in [-0.2, 0) is 4.79 Å². The fourth-order valence-corrected chi connectivity index (χ4v) is 3.05. The van der Waals surface area contributed by atoms with Crippen molar-refractivity contribution in [3.8, 4) is 5.75 Å². The number of carbonyl (C=O) groups is 1. The Balaban J connectivity index is 1.36. The number of nitrogens with zero attached hydrogens (tertiary/aromatic N) is 4. The molecule has 1 amide bonds. The van der Waals surface area contributed by atoms with E-state index < -0.39 is 0 Å². The monoisotopic (exact) mass is 342 g/mol. The molecule has 1 atom stereocenters. The van der Waals surface area contributed by atoms with Gasteiger partial charge in [-0.3, -0.25) is 9.69 Å². The molecule has 1 saturated heterocycles. The third kappa shape index (κ3) is 5.06. The minimum absolute atomic E-state index is 0.146. The Morgan fingerprint density at radius 3 is 2.64 bits per heavy atom. The van der Waals surface area contributed by atoms with Gasteiger partial charge in [-0.15, -0.1) is 0 Å². The van der Waals surface area contributed by atoms with Crippen LogP contribution in [0.25, 0.3) is 0 Å². The van der Waals surface area contributed by atoms with Crippen molar-refractivity contribution in [2.24, 2.45) is 0 Å². The van der Waals surface area contributed by atoms with Crippen LogP contribution in [0.4, 0.5) is 0 Å².